The van der Waals surface area contributed by atoms with Crippen molar-refractivity contribution in [1.29, 1.82) is 0 Å². The minimum absolute atomic E-state index is 0.311. The molecule has 0 spiro atoms. The molecule has 2 rings (SSSR count). The van der Waals surface area contributed by atoms with Crippen molar-refractivity contribution in [2.24, 2.45) is 0 Å². The molecule has 3 N–H and O–H groups in total. The SMILES string of the molecule is CS(=O)(=O)Cn1c(=O)[nH]c2cc(C(F)(F)F)c(N)cc2c1=O. The lowest BCUT2D eigenvalue weighted by Gasteiger charge is -2.12. The first-order valence-corrected chi connectivity index (χ1v) is 7.77. The number of nitrogen functional groups attached to an aromatic ring is 1. The first-order chi connectivity index (χ1) is 9.90. The average molecular weight is 337 g/mol. The molecule has 7 nitrogen and oxygen atoms in total. The number of fused-ring (bicyclic) bond motifs is 1. The van der Waals surface area contributed by atoms with E-state index in [4.69, 9.17) is 5.73 Å². The molecule has 0 atom stereocenters. The van der Waals surface area contributed by atoms with Gasteiger partial charge in [-0.1, -0.05) is 0 Å². The number of nitrogens with two attached hydrogens (primary N) is 1. The molecule has 11 heteroatoms. The van der Waals surface area contributed by atoms with E-state index in [0.29, 0.717) is 10.6 Å². The molecule has 0 saturated carbocycles. The molecule has 1 heterocycles. The summed E-state index contributed by atoms with van der Waals surface area (Å²) in [6.07, 6.45) is -3.94. The number of aromatic amines is 1. The zero-order valence-electron chi connectivity index (χ0n) is 11.1. The van der Waals surface area contributed by atoms with Gasteiger partial charge in [-0.3, -0.25) is 4.79 Å². The predicted octanol–water partition coefficient (Wildman–Crippen LogP) is 0.293. The first-order valence-electron chi connectivity index (χ1n) is 5.71. The Morgan fingerprint density at radius 3 is 2.36 bits per heavy atom. The van der Waals surface area contributed by atoms with E-state index in [1.807, 2.05) is 4.98 Å². The molecule has 22 heavy (non-hydrogen) atoms. The quantitative estimate of drug-likeness (QED) is 0.765. The summed E-state index contributed by atoms with van der Waals surface area (Å²) in [6.45, 7) is 0. The number of rotatable bonds is 2. The summed E-state index contributed by atoms with van der Waals surface area (Å²) in [6, 6.07) is 1.30. The predicted molar refractivity (Wildman–Crippen MR) is 73.1 cm³/mol. The van der Waals surface area contributed by atoms with Crippen LogP contribution < -0.4 is 17.0 Å². The van der Waals surface area contributed by atoms with Gasteiger partial charge in [0.25, 0.3) is 5.56 Å². The van der Waals surface area contributed by atoms with Gasteiger partial charge in [-0.05, 0) is 12.1 Å². The summed E-state index contributed by atoms with van der Waals surface area (Å²) in [5.41, 5.74) is 0.846. The van der Waals surface area contributed by atoms with Crippen LogP contribution in [-0.4, -0.2) is 24.2 Å². The Balaban J connectivity index is 2.84. The molecule has 0 amide bonds. The van der Waals surface area contributed by atoms with Gasteiger partial charge in [-0.15, -0.1) is 0 Å². The van der Waals surface area contributed by atoms with Crippen LogP contribution in [0.5, 0.6) is 0 Å². The highest BCUT2D eigenvalue weighted by Crippen LogP contribution is 2.34. The molecule has 0 radical (unpaired) electrons. The maximum absolute atomic E-state index is 12.7. The summed E-state index contributed by atoms with van der Waals surface area (Å²) >= 11 is 0. The average Bonchev–Trinajstić information content (AvgIpc) is 2.32. The number of halogens is 3. The molecule has 0 aliphatic carbocycles. The van der Waals surface area contributed by atoms with Crippen molar-refractivity contribution in [2.75, 3.05) is 12.0 Å². The second kappa shape index (κ2) is 4.87. The number of hydrogen-bond acceptors (Lipinski definition) is 5. The molecule has 0 fully saturated rings. The minimum atomic E-state index is -4.75. The van der Waals surface area contributed by atoms with Crippen molar-refractivity contribution in [1.82, 2.24) is 9.55 Å². The Labute approximate surface area is 121 Å². The van der Waals surface area contributed by atoms with Crippen molar-refractivity contribution < 1.29 is 21.6 Å². The van der Waals surface area contributed by atoms with Crippen LogP contribution in [0.25, 0.3) is 10.9 Å². The first kappa shape index (κ1) is 16.1. The Kier molecular flexibility index (Phi) is 3.56. The topological polar surface area (TPSA) is 115 Å². The lowest BCUT2D eigenvalue weighted by atomic mass is 10.1. The fourth-order valence-electron chi connectivity index (χ4n) is 1.91. The Bertz CT molecular complexity index is 973. The van der Waals surface area contributed by atoms with Crippen LogP contribution in [-0.2, 0) is 21.9 Å². The summed E-state index contributed by atoms with van der Waals surface area (Å²) in [5, 5.41) is -0.311. The number of nitrogens with one attached hydrogen (secondary N) is 1. The largest absolute Gasteiger partial charge is 0.418 e. The van der Waals surface area contributed by atoms with E-state index in [2.05, 4.69) is 0 Å². The molecule has 2 aromatic rings. The summed E-state index contributed by atoms with van der Waals surface area (Å²) in [4.78, 5) is 25.8. The van der Waals surface area contributed by atoms with Crippen LogP contribution in [0.1, 0.15) is 5.56 Å². The van der Waals surface area contributed by atoms with Gasteiger partial charge in [0.15, 0.2) is 9.84 Å². The highest BCUT2D eigenvalue weighted by atomic mass is 32.2. The fraction of sp³-hybridized carbons (Fsp3) is 0.273. The standard InChI is InChI=1S/C11H10F3N3O4S/c1-22(20,21)4-17-9(18)5-2-7(15)6(11(12,13)14)3-8(5)16-10(17)19/h2-3H,4,15H2,1H3,(H,16,19). The zero-order valence-corrected chi connectivity index (χ0v) is 11.9. The highest BCUT2D eigenvalue weighted by molar-refractivity contribution is 7.89. The summed E-state index contributed by atoms with van der Waals surface area (Å²) in [7, 11) is -3.70. The Hall–Kier alpha value is -2.30. The second-order valence-corrected chi connectivity index (χ2v) is 6.81. The van der Waals surface area contributed by atoms with Crippen molar-refractivity contribution in [3.63, 3.8) is 0 Å². The van der Waals surface area contributed by atoms with Gasteiger partial charge in [-0.25, -0.2) is 17.8 Å². The Morgan fingerprint density at radius 1 is 1.27 bits per heavy atom. The molecule has 0 saturated heterocycles. The summed E-state index contributed by atoms with van der Waals surface area (Å²) in [5.74, 6) is -0.891. The van der Waals surface area contributed by atoms with Gasteiger partial charge >= 0.3 is 11.9 Å². The van der Waals surface area contributed by atoms with Crippen molar-refractivity contribution in [2.45, 2.75) is 12.1 Å². The third-order valence-corrected chi connectivity index (χ3v) is 3.55. The molecule has 0 unspecified atom stereocenters. The van der Waals surface area contributed by atoms with Crippen LogP contribution in [0, 0.1) is 0 Å². The normalized spacial score (nSPS) is 12.7. The van der Waals surface area contributed by atoms with E-state index in [9.17, 15) is 31.2 Å². The molecule has 0 bridgehead atoms. The molecular weight excluding hydrogens is 327 g/mol. The zero-order chi connectivity index (χ0) is 16.9. The van der Waals surface area contributed by atoms with E-state index in [0.717, 1.165) is 12.3 Å². The van der Waals surface area contributed by atoms with E-state index in [1.165, 1.54) is 0 Å². The third kappa shape index (κ3) is 2.98. The number of sulfone groups is 1. The molecule has 1 aromatic heterocycles. The fourth-order valence-corrected chi connectivity index (χ4v) is 2.62. The second-order valence-electron chi connectivity index (χ2n) is 4.70. The number of benzene rings is 1. The van der Waals surface area contributed by atoms with Gasteiger partial charge in [0.2, 0.25) is 0 Å². The lowest BCUT2D eigenvalue weighted by Crippen LogP contribution is -2.37. The number of nitrogens with zero attached hydrogens (tertiary/aromatic N) is 1. The maximum atomic E-state index is 12.7. The van der Waals surface area contributed by atoms with Crippen LogP contribution in [0.4, 0.5) is 18.9 Å². The van der Waals surface area contributed by atoms with Gasteiger partial charge in [-0.2, -0.15) is 13.2 Å². The van der Waals surface area contributed by atoms with E-state index >= 15 is 0 Å². The Morgan fingerprint density at radius 2 is 1.86 bits per heavy atom. The van der Waals surface area contributed by atoms with Crippen molar-refractivity contribution in [3.8, 4) is 0 Å². The van der Waals surface area contributed by atoms with Crippen molar-refractivity contribution >= 4 is 26.4 Å². The van der Waals surface area contributed by atoms with Gasteiger partial charge < -0.3 is 10.7 Å². The van der Waals surface area contributed by atoms with Gasteiger partial charge in [0.05, 0.1) is 16.5 Å². The van der Waals surface area contributed by atoms with E-state index < -0.39 is 44.4 Å². The molecule has 120 valence electrons. The number of H-pyrrole nitrogens is 1. The van der Waals surface area contributed by atoms with E-state index in [1.54, 1.807) is 0 Å². The third-order valence-electron chi connectivity index (χ3n) is 2.82. The minimum Gasteiger partial charge on any atom is -0.398 e. The smallest absolute Gasteiger partial charge is 0.398 e. The molecular formula is C11H10F3N3O4S. The van der Waals surface area contributed by atoms with Crippen LogP contribution in [0.15, 0.2) is 21.7 Å². The van der Waals surface area contributed by atoms with E-state index in [-0.39, 0.29) is 10.9 Å². The number of hydrogen-bond donors (Lipinski definition) is 2. The van der Waals surface area contributed by atoms with Crippen LogP contribution in [0.2, 0.25) is 0 Å². The van der Waals surface area contributed by atoms with Crippen molar-refractivity contribution in [3.05, 3.63) is 38.5 Å². The molecule has 1 aromatic carbocycles. The van der Waals surface area contributed by atoms with Crippen LogP contribution in [0.3, 0.4) is 0 Å². The van der Waals surface area contributed by atoms with Crippen LogP contribution >= 0.6 is 0 Å². The molecule has 0 aliphatic rings. The van der Waals surface area contributed by atoms with Gasteiger partial charge in [0, 0.05) is 11.9 Å². The highest BCUT2D eigenvalue weighted by Gasteiger charge is 2.33. The monoisotopic (exact) mass is 337 g/mol. The maximum Gasteiger partial charge on any atom is 0.418 e. The number of alkyl halides is 3. The number of anilines is 1. The lowest BCUT2D eigenvalue weighted by molar-refractivity contribution is -0.136. The molecule has 0 aliphatic heterocycles. The summed E-state index contributed by atoms with van der Waals surface area (Å²) < 4.78 is 61.0. The van der Waals surface area contributed by atoms with Gasteiger partial charge in [0.1, 0.15) is 5.88 Å². The number of aromatic nitrogens is 2.